The van der Waals surface area contributed by atoms with Crippen LogP contribution in [0.3, 0.4) is 0 Å². The fourth-order valence-electron chi connectivity index (χ4n) is 1.09. The van der Waals surface area contributed by atoms with Gasteiger partial charge in [0, 0.05) is 4.47 Å². The molecule has 4 nitrogen and oxygen atoms in total. The Hall–Kier alpha value is -1.07. The molecule has 5 heteroatoms. The van der Waals surface area contributed by atoms with Crippen LogP contribution in [0.1, 0.15) is 5.56 Å². The number of halogens is 1. The largest absolute Gasteiger partial charge is 0.273 e. The van der Waals surface area contributed by atoms with Crippen LogP contribution >= 0.6 is 15.9 Å². The molecule has 1 heterocycles. The van der Waals surface area contributed by atoms with E-state index in [1.54, 1.807) is 6.34 Å². The van der Waals surface area contributed by atoms with E-state index >= 15 is 0 Å². The van der Waals surface area contributed by atoms with Gasteiger partial charge in [-0.25, -0.2) is 5.53 Å². The van der Waals surface area contributed by atoms with Gasteiger partial charge in [0.05, 0.1) is 6.54 Å². The summed E-state index contributed by atoms with van der Waals surface area (Å²) in [6, 6.07) is 8.18. The summed E-state index contributed by atoms with van der Waals surface area (Å²) in [5, 5.41) is 5.67. The second-order valence-corrected chi connectivity index (χ2v) is 3.64. The minimum Gasteiger partial charge on any atom is -0.273 e. The zero-order valence-corrected chi connectivity index (χ0v) is 8.45. The van der Waals surface area contributed by atoms with Crippen molar-refractivity contribution in [3.8, 4) is 0 Å². The highest BCUT2D eigenvalue weighted by atomic mass is 79.9. The Bertz CT molecular complexity index is 308. The predicted octanol–water partition coefficient (Wildman–Crippen LogP) is 1.22. The van der Waals surface area contributed by atoms with E-state index in [1.165, 1.54) is 5.56 Å². The monoisotopic (exact) mass is 240 g/mol. The lowest BCUT2D eigenvalue weighted by Crippen LogP contribution is -2.36. The summed E-state index contributed by atoms with van der Waals surface area (Å²) in [5.41, 5.74) is 6.74. The van der Waals surface area contributed by atoms with Crippen LogP contribution in [0, 0.1) is 0 Å². The molecule has 0 atom stereocenters. The highest BCUT2D eigenvalue weighted by Crippen LogP contribution is 2.11. The first-order chi connectivity index (χ1) is 6.34. The van der Waals surface area contributed by atoms with E-state index in [0.29, 0.717) is 0 Å². The molecule has 0 radical (unpaired) electrons. The van der Waals surface area contributed by atoms with Crippen molar-refractivity contribution in [2.45, 2.75) is 6.54 Å². The molecule has 0 amide bonds. The zero-order chi connectivity index (χ0) is 9.10. The standard InChI is InChI=1S/C8H9BrN4/c9-8-3-1-7(2-4-8)5-13-6-10-11-12-13/h1-4,6,11-12H,5H2. The van der Waals surface area contributed by atoms with Gasteiger partial charge in [0.25, 0.3) is 0 Å². The van der Waals surface area contributed by atoms with Crippen LogP contribution in [0.15, 0.2) is 33.8 Å². The van der Waals surface area contributed by atoms with Gasteiger partial charge in [0.15, 0.2) is 0 Å². The van der Waals surface area contributed by atoms with Gasteiger partial charge in [0.1, 0.15) is 6.34 Å². The van der Waals surface area contributed by atoms with E-state index in [1.807, 2.05) is 17.1 Å². The lowest BCUT2D eigenvalue weighted by molar-refractivity contribution is 0.293. The highest BCUT2D eigenvalue weighted by Gasteiger charge is 2.03. The Kier molecular flexibility index (Phi) is 2.47. The van der Waals surface area contributed by atoms with Crippen molar-refractivity contribution in [2.24, 2.45) is 5.10 Å². The third kappa shape index (κ3) is 2.19. The van der Waals surface area contributed by atoms with Crippen molar-refractivity contribution >= 4 is 22.3 Å². The number of benzene rings is 1. The molecule has 1 aromatic carbocycles. The van der Waals surface area contributed by atoms with Crippen LogP contribution < -0.4 is 11.1 Å². The molecular formula is C8H9BrN4. The van der Waals surface area contributed by atoms with Crippen LogP contribution in [0.25, 0.3) is 0 Å². The zero-order valence-electron chi connectivity index (χ0n) is 6.87. The first-order valence-corrected chi connectivity index (χ1v) is 4.69. The molecule has 1 aliphatic rings. The van der Waals surface area contributed by atoms with Crippen molar-refractivity contribution < 1.29 is 0 Å². The summed E-state index contributed by atoms with van der Waals surface area (Å²) >= 11 is 3.39. The number of hydrogen-bond donors (Lipinski definition) is 2. The third-order valence-corrected chi connectivity index (χ3v) is 2.25. The van der Waals surface area contributed by atoms with Crippen molar-refractivity contribution in [3.63, 3.8) is 0 Å². The van der Waals surface area contributed by atoms with Crippen molar-refractivity contribution in [1.82, 2.24) is 16.1 Å². The van der Waals surface area contributed by atoms with Crippen LogP contribution in [-0.4, -0.2) is 11.3 Å². The summed E-state index contributed by atoms with van der Waals surface area (Å²) in [7, 11) is 0. The maximum atomic E-state index is 3.81. The molecule has 13 heavy (non-hydrogen) atoms. The second kappa shape index (κ2) is 3.76. The van der Waals surface area contributed by atoms with Gasteiger partial charge in [-0.15, -0.1) is 5.53 Å². The normalized spacial score (nSPS) is 14.7. The summed E-state index contributed by atoms with van der Waals surface area (Å²) < 4.78 is 1.09. The van der Waals surface area contributed by atoms with E-state index in [0.717, 1.165) is 11.0 Å². The Morgan fingerprint density at radius 3 is 2.69 bits per heavy atom. The number of rotatable bonds is 2. The summed E-state index contributed by atoms with van der Waals surface area (Å²) in [4.78, 5) is 0. The maximum Gasteiger partial charge on any atom is 0.128 e. The first-order valence-electron chi connectivity index (χ1n) is 3.89. The maximum absolute atomic E-state index is 3.81. The Balaban J connectivity index is 2.01. The topological polar surface area (TPSA) is 39.7 Å². The molecule has 68 valence electrons. The number of nitrogens with one attached hydrogen (secondary N) is 2. The van der Waals surface area contributed by atoms with Crippen LogP contribution in [-0.2, 0) is 6.54 Å². The third-order valence-electron chi connectivity index (χ3n) is 1.72. The van der Waals surface area contributed by atoms with E-state index < -0.39 is 0 Å². The first kappa shape index (κ1) is 8.52. The van der Waals surface area contributed by atoms with E-state index in [-0.39, 0.29) is 0 Å². The van der Waals surface area contributed by atoms with Gasteiger partial charge in [-0.1, -0.05) is 28.1 Å². The lowest BCUT2D eigenvalue weighted by Gasteiger charge is -2.12. The van der Waals surface area contributed by atoms with Crippen LogP contribution in [0.5, 0.6) is 0 Å². The molecule has 0 bridgehead atoms. The molecule has 1 aromatic rings. The fraction of sp³-hybridized carbons (Fsp3) is 0.125. The molecule has 0 saturated carbocycles. The number of nitrogens with zero attached hydrogens (tertiary/aromatic N) is 2. The van der Waals surface area contributed by atoms with E-state index in [2.05, 4.69) is 44.2 Å². The van der Waals surface area contributed by atoms with Crippen LogP contribution in [0.2, 0.25) is 0 Å². The summed E-state index contributed by atoms with van der Waals surface area (Å²) in [6.07, 6.45) is 1.71. The summed E-state index contributed by atoms with van der Waals surface area (Å²) in [6.45, 7) is 0.795. The molecule has 2 N–H and O–H groups in total. The molecule has 0 unspecified atom stereocenters. The molecule has 0 fully saturated rings. The molecular weight excluding hydrogens is 232 g/mol. The molecule has 0 saturated heterocycles. The SMILES string of the molecule is Brc1ccc(CN2C=NNN2)cc1. The quantitative estimate of drug-likeness (QED) is 0.817. The Morgan fingerprint density at radius 2 is 2.08 bits per heavy atom. The predicted molar refractivity (Wildman–Crippen MR) is 54.4 cm³/mol. The fourth-order valence-corrected chi connectivity index (χ4v) is 1.35. The van der Waals surface area contributed by atoms with Crippen molar-refractivity contribution in [2.75, 3.05) is 0 Å². The number of hydrazone groups is 1. The number of hydrogen-bond acceptors (Lipinski definition) is 4. The Morgan fingerprint density at radius 1 is 1.31 bits per heavy atom. The second-order valence-electron chi connectivity index (χ2n) is 2.72. The van der Waals surface area contributed by atoms with E-state index in [4.69, 9.17) is 0 Å². The minimum absolute atomic E-state index is 0.795. The molecule has 0 aliphatic carbocycles. The van der Waals surface area contributed by atoms with Crippen molar-refractivity contribution in [3.05, 3.63) is 34.3 Å². The molecule has 0 spiro atoms. The average Bonchev–Trinajstić information content (AvgIpc) is 2.62. The van der Waals surface area contributed by atoms with Gasteiger partial charge in [0.2, 0.25) is 0 Å². The lowest BCUT2D eigenvalue weighted by atomic mass is 10.2. The summed E-state index contributed by atoms with van der Waals surface area (Å²) in [5.74, 6) is 0. The Labute approximate surface area is 84.7 Å². The molecule has 2 rings (SSSR count). The average molecular weight is 241 g/mol. The van der Waals surface area contributed by atoms with E-state index in [9.17, 15) is 0 Å². The number of hydrazine groups is 2. The minimum atomic E-state index is 0.795. The van der Waals surface area contributed by atoms with Gasteiger partial charge in [-0.2, -0.15) is 5.10 Å². The highest BCUT2D eigenvalue weighted by molar-refractivity contribution is 9.10. The van der Waals surface area contributed by atoms with Crippen molar-refractivity contribution in [1.29, 1.82) is 0 Å². The van der Waals surface area contributed by atoms with Gasteiger partial charge < -0.3 is 0 Å². The molecule has 0 aromatic heterocycles. The van der Waals surface area contributed by atoms with Gasteiger partial charge >= 0.3 is 0 Å². The smallest absolute Gasteiger partial charge is 0.128 e. The van der Waals surface area contributed by atoms with Crippen LogP contribution in [0.4, 0.5) is 0 Å². The van der Waals surface area contributed by atoms with Gasteiger partial charge in [-0.05, 0) is 17.7 Å². The molecule has 1 aliphatic heterocycles. The van der Waals surface area contributed by atoms with Gasteiger partial charge in [-0.3, -0.25) is 5.01 Å².